The molecule has 1 fully saturated rings. The van der Waals surface area contributed by atoms with Crippen LogP contribution in [0.3, 0.4) is 0 Å². The van der Waals surface area contributed by atoms with Gasteiger partial charge in [-0.25, -0.2) is 0 Å². The molecule has 1 saturated carbocycles. The molecule has 1 aromatic carbocycles. The van der Waals surface area contributed by atoms with Crippen molar-refractivity contribution < 1.29 is 0 Å². The van der Waals surface area contributed by atoms with Gasteiger partial charge >= 0.3 is 0 Å². The Labute approximate surface area is 112 Å². The molecule has 0 radical (unpaired) electrons. The summed E-state index contributed by atoms with van der Waals surface area (Å²) in [4.78, 5) is 0. The van der Waals surface area contributed by atoms with Crippen molar-refractivity contribution >= 4 is 0 Å². The van der Waals surface area contributed by atoms with Gasteiger partial charge in [-0.1, -0.05) is 56.0 Å². The molecule has 1 aliphatic carbocycles. The van der Waals surface area contributed by atoms with Gasteiger partial charge < -0.3 is 5.73 Å². The van der Waals surface area contributed by atoms with Crippen LogP contribution in [-0.2, 0) is 6.42 Å². The lowest BCUT2D eigenvalue weighted by molar-refractivity contribution is 0.358. The summed E-state index contributed by atoms with van der Waals surface area (Å²) in [7, 11) is 0. The summed E-state index contributed by atoms with van der Waals surface area (Å²) in [6.45, 7) is 4.47. The molecule has 2 N–H and O–H groups in total. The first-order valence-corrected chi connectivity index (χ1v) is 7.46. The molecule has 1 aliphatic rings. The first kappa shape index (κ1) is 13.6. The van der Waals surface area contributed by atoms with Crippen LogP contribution in [0.5, 0.6) is 0 Å². The van der Waals surface area contributed by atoms with Gasteiger partial charge in [-0.05, 0) is 44.1 Å². The zero-order chi connectivity index (χ0) is 13.0. The highest BCUT2D eigenvalue weighted by Crippen LogP contribution is 2.32. The van der Waals surface area contributed by atoms with Gasteiger partial charge in [0.15, 0.2) is 0 Å². The van der Waals surface area contributed by atoms with Crippen LogP contribution in [0.2, 0.25) is 0 Å². The van der Waals surface area contributed by atoms with Crippen LogP contribution in [0.25, 0.3) is 0 Å². The smallest absolute Gasteiger partial charge is 0.0195 e. The lowest BCUT2D eigenvalue weighted by Gasteiger charge is -2.28. The minimum absolute atomic E-state index is 0.0394. The third kappa shape index (κ3) is 3.58. The average Bonchev–Trinajstić information content (AvgIpc) is 2.51. The van der Waals surface area contributed by atoms with E-state index >= 15 is 0 Å². The molecular weight excluding hydrogens is 218 g/mol. The molecule has 2 atom stereocenters. The predicted molar refractivity (Wildman–Crippen MR) is 78.7 cm³/mol. The van der Waals surface area contributed by atoms with Crippen molar-refractivity contribution in [2.45, 2.75) is 64.3 Å². The summed E-state index contributed by atoms with van der Waals surface area (Å²) in [6, 6.07) is 8.83. The molecule has 0 bridgehead atoms. The van der Waals surface area contributed by atoms with Gasteiger partial charge in [0.2, 0.25) is 0 Å². The lowest BCUT2D eigenvalue weighted by atomic mass is 9.84. The topological polar surface area (TPSA) is 26.0 Å². The van der Waals surface area contributed by atoms with Crippen molar-refractivity contribution in [2.75, 3.05) is 0 Å². The third-order valence-electron chi connectivity index (χ3n) is 4.55. The van der Waals surface area contributed by atoms with Gasteiger partial charge in [-0.3, -0.25) is 0 Å². The fourth-order valence-corrected chi connectivity index (χ4v) is 3.32. The van der Waals surface area contributed by atoms with E-state index in [1.54, 1.807) is 0 Å². The normalized spacial score (nSPS) is 28.9. The molecule has 0 amide bonds. The minimum atomic E-state index is 0.0394. The predicted octanol–water partition coefficient (Wildman–Crippen LogP) is 4.23. The molecule has 18 heavy (non-hydrogen) atoms. The summed E-state index contributed by atoms with van der Waals surface area (Å²) >= 11 is 0. The van der Waals surface area contributed by atoms with Crippen LogP contribution in [0.1, 0.15) is 56.6 Å². The van der Waals surface area contributed by atoms with Gasteiger partial charge in [0.05, 0.1) is 0 Å². The molecule has 0 spiro atoms. The van der Waals surface area contributed by atoms with Crippen LogP contribution in [0.15, 0.2) is 24.3 Å². The van der Waals surface area contributed by atoms with E-state index < -0.39 is 0 Å². The largest absolute Gasteiger partial charge is 0.325 e. The van der Waals surface area contributed by atoms with Crippen molar-refractivity contribution in [3.05, 3.63) is 35.4 Å². The second kappa shape index (κ2) is 5.88. The Kier molecular flexibility index (Phi) is 4.45. The number of hydrogen-bond donors (Lipinski definition) is 1. The number of aryl methyl sites for hydroxylation is 1. The Hall–Kier alpha value is -0.820. The molecule has 0 saturated heterocycles. The maximum absolute atomic E-state index is 6.66. The fraction of sp³-hybridized carbons (Fsp3) is 0.647. The molecule has 1 aromatic rings. The summed E-state index contributed by atoms with van der Waals surface area (Å²) in [6.07, 6.45) is 8.76. The summed E-state index contributed by atoms with van der Waals surface area (Å²) < 4.78 is 0. The lowest BCUT2D eigenvalue weighted by Crippen LogP contribution is -2.41. The fourth-order valence-electron chi connectivity index (χ4n) is 3.32. The summed E-state index contributed by atoms with van der Waals surface area (Å²) in [5.74, 6) is 0.910. The second-order valence-electron chi connectivity index (χ2n) is 6.23. The molecule has 100 valence electrons. The standard InChI is InChI=1S/C17H27N/c1-3-15-8-5-10-17(18,11-9-15)13-16-7-4-6-14(2)12-16/h4,6-7,12,15H,3,5,8-11,13,18H2,1-2H3. The van der Waals surface area contributed by atoms with Crippen molar-refractivity contribution in [2.24, 2.45) is 11.7 Å². The van der Waals surface area contributed by atoms with Crippen molar-refractivity contribution in [3.63, 3.8) is 0 Å². The highest BCUT2D eigenvalue weighted by molar-refractivity contribution is 5.24. The summed E-state index contributed by atoms with van der Waals surface area (Å²) in [5.41, 5.74) is 9.45. The maximum atomic E-state index is 6.66. The Morgan fingerprint density at radius 1 is 1.28 bits per heavy atom. The third-order valence-corrected chi connectivity index (χ3v) is 4.55. The molecule has 2 unspecified atom stereocenters. The Morgan fingerprint density at radius 3 is 2.83 bits per heavy atom. The van der Waals surface area contributed by atoms with Gasteiger partial charge in [-0.15, -0.1) is 0 Å². The van der Waals surface area contributed by atoms with Crippen molar-refractivity contribution in [1.82, 2.24) is 0 Å². The number of benzene rings is 1. The SMILES string of the molecule is CCC1CCCC(N)(Cc2cccc(C)c2)CC1. The number of rotatable bonds is 3. The van der Waals surface area contributed by atoms with Gasteiger partial charge in [0, 0.05) is 5.54 Å². The number of nitrogens with two attached hydrogens (primary N) is 1. The van der Waals surface area contributed by atoms with E-state index in [1.807, 2.05) is 0 Å². The summed E-state index contributed by atoms with van der Waals surface area (Å²) in [5, 5.41) is 0. The van der Waals surface area contributed by atoms with E-state index in [0.717, 1.165) is 12.3 Å². The Bertz CT molecular complexity index is 385. The van der Waals surface area contributed by atoms with E-state index in [4.69, 9.17) is 5.73 Å². The zero-order valence-corrected chi connectivity index (χ0v) is 11.9. The Balaban J connectivity index is 2.02. The van der Waals surface area contributed by atoms with Crippen LogP contribution in [0.4, 0.5) is 0 Å². The highest BCUT2D eigenvalue weighted by Gasteiger charge is 2.28. The van der Waals surface area contributed by atoms with Crippen LogP contribution < -0.4 is 5.73 Å². The van der Waals surface area contributed by atoms with Crippen molar-refractivity contribution in [3.8, 4) is 0 Å². The zero-order valence-electron chi connectivity index (χ0n) is 11.9. The van der Waals surface area contributed by atoms with E-state index in [9.17, 15) is 0 Å². The van der Waals surface area contributed by atoms with E-state index in [-0.39, 0.29) is 5.54 Å². The minimum Gasteiger partial charge on any atom is -0.325 e. The first-order chi connectivity index (χ1) is 8.61. The molecule has 1 heteroatoms. The second-order valence-corrected chi connectivity index (χ2v) is 6.23. The van der Waals surface area contributed by atoms with E-state index in [1.165, 1.54) is 49.7 Å². The highest BCUT2D eigenvalue weighted by atomic mass is 14.7. The average molecular weight is 245 g/mol. The van der Waals surface area contributed by atoms with E-state index in [2.05, 4.69) is 38.1 Å². The molecule has 0 aliphatic heterocycles. The maximum Gasteiger partial charge on any atom is 0.0195 e. The molecule has 2 rings (SSSR count). The quantitative estimate of drug-likeness (QED) is 0.793. The van der Waals surface area contributed by atoms with Gasteiger partial charge in [0.25, 0.3) is 0 Å². The van der Waals surface area contributed by atoms with Crippen LogP contribution in [-0.4, -0.2) is 5.54 Å². The van der Waals surface area contributed by atoms with Gasteiger partial charge in [-0.2, -0.15) is 0 Å². The monoisotopic (exact) mass is 245 g/mol. The van der Waals surface area contributed by atoms with Crippen LogP contribution in [0, 0.1) is 12.8 Å². The molecule has 1 nitrogen and oxygen atoms in total. The first-order valence-electron chi connectivity index (χ1n) is 7.46. The van der Waals surface area contributed by atoms with Crippen LogP contribution >= 0.6 is 0 Å². The number of hydrogen-bond acceptors (Lipinski definition) is 1. The molecule has 0 heterocycles. The van der Waals surface area contributed by atoms with Crippen molar-refractivity contribution in [1.29, 1.82) is 0 Å². The van der Waals surface area contributed by atoms with E-state index in [0.29, 0.717) is 0 Å². The molecular formula is C17H27N. The Morgan fingerprint density at radius 2 is 2.11 bits per heavy atom. The van der Waals surface area contributed by atoms with Gasteiger partial charge in [0.1, 0.15) is 0 Å². The molecule has 0 aromatic heterocycles.